The normalized spacial score (nSPS) is 53.5. The maximum Gasteiger partial charge on any atom is 0.335 e. The van der Waals surface area contributed by atoms with Gasteiger partial charge in [0, 0.05) is 5.41 Å². The van der Waals surface area contributed by atoms with E-state index in [4.69, 9.17) is 18.9 Å². The number of aliphatic carboxylic acids is 2. The van der Waals surface area contributed by atoms with Crippen LogP contribution in [0.5, 0.6) is 0 Å². The molecule has 18 atom stereocenters. The van der Waals surface area contributed by atoms with Gasteiger partial charge in [0.25, 0.3) is 0 Å². The van der Waals surface area contributed by atoms with E-state index in [-0.39, 0.29) is 46.0 Å². The maximum atomic E-state index is 13.1. The predicted molar refractivity (Wildman–Crippen MR) is 194 cm³/mol. The van der Waals surface area contributed by atoms with E-state index in [1.165, 1.54) is 5.57 Å². The fourth-order valence-electron chi connectivity index (χ4n) is 13.4. The molecule has 0 radical (unpaired) electrons. The maximum absolute atomic E-state index is 13.1. The summed E-state index contributed by atoms with van der Waals surface area (Å²) in [5.74, 6) is -2.01. The van der Waals surface area contributed by atoms with E-state index in [9.17, 15) is 50.4 Å². The van der Waals surface area contributed by atoms with Crippen molar-refractivity contribution in [3.05, 3.63) is 11.6 Å². The van der Waals surface area contributed by atoms with Crippen LogP contribution in [0.3, 0.4) is 0 Å². The summed E-state index contributed by atoms with van der Waals surface area (Å²) >= 11 is 0. The number of allylic oxidation sites excluding steroid dienone is 2. The molecule has 0 aromatic heterocycles. The molecule has 0 amide bonds. The van der Waals surface area contributed by atoms with E-state index in [0.717, 1.165) is 38.5 Å². The Balaban J connectivity index is 1.18. The lowest BCUT2D eigenvalue weighted by molar-refractivity contribution is -0.367. The Morgan fingerprint density at radius 3 is 2.15 bits per heavy atom. The molecule has 4 saturated carbocycles. The van der Waals surface area contributed by atoms with Crippen LogP contribution in [0.15, 0.2) is 11.6 Å². The zero-order valence-corrected chi connectivity index (χ0v) is 33.1. The lowest BCUT2D eigenvalue weighted by Gasteiger charge is -2.71. The van der Waals surface area contributed by atoms with Gasteiger partial charge < -0.3 is 59.8 Å². The Labute approximate surface area is 323 Å². The SMILES string of the molecule is CC1(C)CCC2(C(=O)O)CCC3(C)C(=CCC4C5(C)CCC(OC6OC(C(=O)O)C(O)C(O)C6OC6OCC(O)C(O)C6O)C(C)(CO)C5CCC43C)C2C1. The van der Waals surface area contributed by atoms with Crippen molar-refractivity contribution >= 4 is 11.9 Å². The van der Waals surface area contributed by atoms with Gasteiger partial charge in [0.05, 0.1) is 24.7 Å². The van der Waals surface area contributed by atoms with E-state index < -0.39 is 90.8 Å². The van der Waals surface area contributed by atoms with Crippen LogP contribution in [0.25, 0.3) is 0 Å². The van der Waals surface area contributed by atoms with E-state index in [2.05, 4.69) is 40.7 Å². The number of aliphatic hydroxyl groups excluding tert-OH is 6. The molecule has 0 spiro atoms. The number of rotatable bonds is 7. The molecule has 7 aliphatic rings. The minimum absolute atomic E-state index is 0.00902. The van der Waals surface area contributed by atoms with Gasteiger partial charge in [-0.05, 0) is 104 Å². The molecule has 0 bridgehead atoms. The molecule has 0 aromatic rings. The molecule has 55 heavy (non-hydrogen) atoms. The van der Waals surface area contributed by atoms with Crippen LogP contribution in [0.4, 0.5) is 0 Å². The number of hydrogen-bond acceptors (Lipinski definition) is 12. The first-order chi connectivity index (χ1) is 25.6. The average Bonchev–Trinajstić information content (AvgIpc) is 3.12. The highest BCUT2D eigenvalue weighted by Gasteiger charge is 2.70. The highest BCUT2D eigenvalue weighted by molar-refractivity contribution is 5.76. The molecule has 2 aliphatic heterocycles. The second-order valence-electron chi connectivity index (χ2n) is 20.1. The van der Waals surface area contributed by atoms with Crippen LogP contribution in [0.2, 0.25) is 0 Å². The monoisotopic (exact) mass is 780 g/mol. The number of aliphatic hydroxyl groups is 6. The Bertz CT molecular complexity index is 1540. The Morgan fingerprint density at radius 1 is 0.800 bits per heavy atom. The summed E-state index contributed by atoms with van der Waals surface area (Å²) < 4.78 is 23.7. The third kappa shape index (κ3) is 6.09. The molecule has 18 unspecified atom stereocenters. The van der Waals surface area contributed by atoms with E-state index in [1.54, 1.807) is 0 Å². The minimum Gasteiger partial charge on any atom is -0.481 e. The molecular weight excluding hydrogens is 716 g/mol. The fraction of sp³-hybridized carbons (Fsp3) is 0.902. The van der Waals surface area contributed by atoms with Crippen LogP contribution in [0.1, 0.15) is 106 Å². The summed E-state index contributed by atoms with van der Waals surface area (Å²) in [6, 6.07) is 0. The second-order valence-corrected chi connectivity index (χ2v) is 20.1. The Hall–Kier alpha value is -1.72. The molecule has 312 valence electrons. The molecular formula is C41H64O14. The molecule has 6 fully saturated rings. The third-order valence-corrected chi connectivity index (χ3v) is 17.0. The Kier molecular flexibility index (Phi) is 10.5. The summed E-state index contributed by atoms with van der Waals surface area (Å²) in [6.45, 7) is 13.0. The highest BCUT2D eigenvalue weighted by Crippen LogP contribution is 2.76. The van der Waals surface area contributed by atoms with Crippen LogP contribution >= 0.6 is 0 Å². The Morgan fingerprint density at radius 2 is 1.49 bits per heavy atom. The van der Waals surface area contributed by atoms with Gasteiger partial charge in [0.1, 0.15) is 36.6 Å². The van der Waals surface area contributed by atoms with Crippen molar-refractivity contribution in [1.29, 1.82) is 0 Å². The molecule has 2 heterocycles. The third-order valence-electron chi connectivity index (χ3n) is 17.0. The molecule has 7 rings (SSSR count). The van der Waals surface area contributed by atoms with Crippen molar-refractivity contribution in [3.8, 4) is 0 Å². The first-order valence-corrected chi connectivity index (χ1v) is 20.4. The van der Waals surface area contributed by atoms with Crippen molar-refractivity contribution in [1.82, 2.24) is 0 Å². The van der Waals surface area contributed by atoms with Gasteiger partial charge in [-0.2, -0.15) is 0 Å². The fourth-order valence-corrected chi connectivity index (χ4v) is 13.4. The van der Waals surface area contributed by atoms with Gasteiger partial charge in [-0.3, -0.25) is 4.79 Å². The zero-order chi connectivity index (χ0) is 40.3. The molecule has 0 aromatic carbocycles. The summed E-state index contributed by atoms with van der Waals surface area (Å²) in [5, 5.41) is 84.6. The minimum atomic E-state index is -1.93. The van der Waals surface area contributed by atoms with Crippen molar-refractivity contribution in [2.75, 3.05) is 13.2 Å². The lowest BCUT2D eigenvalue weighted by Crippen LogP contribution is -2.67. The predicted octanol–water partition coefficient (Wildman–Crippen LogP) is 2.59. The van der Waals surface area contributed by atoms with Crippen molar-refractivity contribution in [2.24, 2.45) is 50.2 Å². The van der Waals surface area contributed by atoms with Crippen LogP contribution in [-0.4, -0.2) is 127 Å². The average molecular weight is 781 g/mol. The van der Waals surface area contributed by atoms with Crippen molar-refractivity contribution in [2.45, 2.75) is 167 Å². The number of fused-ring (bicyclic) bond motifs is 7. The zero-order valence-electron chi connectivity index (χ0n) is 33.1. The number of ether oxygens (including phenoxy) is 4. The number of hydrogen-bond donors (Lipinski definition) is 8. The topological polar surface area (TPSA) is 233 Å². The van der Waals surface area contributed by atoms with Gasteiger partial charge in [0.2, 0.25) is 0 Å². The summed E-state index contributed by atoms with van der Waals surface area (Å²) in [5.41, 5.74) is -0.761. The second kappa shape index (κ2) is 13.9. The van der Waals surface area contributed by atoms with Crippen molar-refractivity contribution < 1.29 is 69.4 Å². The smallest absolute Gasteiger partial charge is 0.335 e. The summed E-state index contributed by atoms with van der Waals surface area (Å²) in [6.07, 6.45) is -5.87. The molecule has 14 heteroatoms. The number of carboxylic acids is 2. The number of carbonyl (C=O) groups is 2. The van der Waals surface area contributed by atoms with Gasteiger partial charge in [-0.25, -0.2) is 4.79 Å². The van der Waals surface area contributed by atoms with Gasteiger partial charge in [0.15, 0.2) is 18.7 Å². The number of carboxylic acid groups (broad SMARTS) is 2. The first kappa shape index (κ1) is 41.4. The van der Waals surface area contributed by atoms with E-state index >= 15 is 0 Å². The summed E-state index contributed by atoms with van der Waals surface area (Å²) in [4.78, 5) is 25.2. The largest absolute Gasteiger partial charge is 0.481 e. The highest BCUT2D eigenvalue weighted by atomic mass is 16.8. The quantitative estimate of drug-likeness (QED) is 0.137. The molecule has 14 nitrogen and oxygen atoms in total. The molecule has 8 N–H and O–H groups in total. The standard InChI is InChI=1S/C41H64O14/c1-36(2)13-15-41(35(50)51)16-14-39(5)20(21(41)17-36)7-8-24-37(3)11-10-25(38(4,19-42)23(37)9-12-40(24,39)6)53-34-31(28(46)27(45)30(54-34)32(48)49)55-33-29(47)26(44)22(43)18-52-33/h7,21-31,33-34,42-47H,8-19H2,1-6H3,(H,48,49)(H,50,51). The lowest BCUT2D eigenvalue weighted by atomic mass is 9.33. The van der Waals surface area contributed by atoms with Gasteiger partial charge in [-0.1, -0.05) is 53.2 Å². The first-order valence-electron chi connectivity index (χ1n) is 20.4. The van der Waals surface area contributed by atoms with Crippen molar-refractivity contribution in [3.63, 3.8) is 0 Å². The van der Waals surface area contributed by atoms with Crippen LogP contribution in [0, 0.1) is 50.2 Å². The molecule has 2 saturated heterocycles. The van der Waals surface area contributed by atoms with Gasteiger partial charge in [-0.15, -0.1) is 0 Å². The van der Waals surface area contributed by atoms with E-state index in [1.807, 2.05) is 6.92 Å². The van der Waals surface area contributed by atoms with Gasteiger partial charge >= 0.3 is 11.9 Å². The van der Waals surface area contributed by atoms with Crippen LogP contribution in [-0.2, 0) is 28.5 Å². The summed E-state index contributed by atoms with van der Waals surface area (Å²) in [7, 11) is 0. The van der Waals surface area contributed by atoms with E-state index in [0.29, 0.717) is 25.7 Å². The molecule has 5 aliphatic carbocycles. The van der Waals surface area contributed by atoms with Crippen LogP contribution < -0.4 is 0 Å².